The number of benzene rings is 3. The predicted molar refractivity (Wildman–Crippen MR) is 103 cm³/mol. The number of carbonyl (C=O) groups is 2. The standard InChI is InChI=1S/C22H19FN2O2/c23-19-13-16(12-11-15(19)10-9-14-5-2-1-3-6-14)20-17(21(24)26)7-4-8-18(20)22(25)27/h1-8,11-13H,9-10H2,(H2,24,26)(H2,25,27). The molecular weight excluding hydrogens is 343 g/mol. The Morgan fingerprint density at radius 1 is 0.778 bits per heavy atom. The third kappa shape index (κ3) is 4.03. The van der Waals surface area contributed by atoms with Gasteiger partial charge in [-0.3, -0.25) is 9.59 Å². The van der Waals surface area contributed by atoms with Gasteiger partial charge in [0.1, 0.15) is 5.82 Å². The first kappa shape index (κ1) is 18.3. The van der Waals surface area contributed by atoms with Gasteiger partial charge in [-0.05, 0) is 47.7 Å². The van der Waals surface area contributed by atoms with Crippen molar-refractivity contribution in [2.45, 2.75) is 12.8 Å². The Morgan fingerprint density at radius 3 is 1.96 bits per heavy atom. The molecule has 3 aromatic rings. The first-order valence-electron chi connectivity index (χ1n) is 8.52. The molecule has 136 valence electrons. The number of carbonyl (C=O) groups excluding carboxylic acids is 2. The summed E-state index contributed by atoms with van der Waals surface area (Å²) in [5.74, 6) is -1.82. The molecule has 3 aromatic carbocycles. The Balaban J connectivity index is 1.96. The second-order valence-electron chi connectivity index (χ2n) is 6.25. The third-order valence-electron chi connectivity index (χ3n) is 4.46. The summed E-state index contributed by atoms with van der Waals surface area (Å²) in [4.78, 5) is 23.5. The number of halogens is 1. The molecular formula is C22H19FN2O2. The van der Waals surface area contributed by atoms with Crippen LogP contribution in [0.2, 0.25) is 0 Å². The summed E-state index contributed by atoms with van der Waals surface area (Å²) >= 11 is 0. The lowest BCUT2D eigenvalue weighted by molar-refractivity contribution is 0.0999. The van der Waals surface area contributed by atoms with Crippen molar-refractivity contribution in [2.75, 3.05) is 0 Å². The molecule has 0 spiro atoms. The van der Waals surface area contributed by atoms with E-state index in [1.807, 2.05) is 30.3 Å². The Labute approximate surface area is 156 Å². The number of hydrogen-bond donors (Lipinski definition) is 2. The zero-order valence-electron chi connectivity index (χ0n) is 14.6. The van der Waals surface area contributed by atoms with E-state index in [1.165, 1.54) is 24.3 Å². The molecule has 0 atom stereocenters. The highest BCUT2D eigenvalue weighted by atomic mass is 19.1. The molecule has 0 bridgehead atoms. The molecule has 3 rings (SSSR count). The van der Waals surface area contributed by atoms with Crippen LogP contribution in [0.5, 0.6) is 0 Å². The summed E-state index contributed by atoms with van der Waals surface area (Å²) in [5, 5.41) is 0. The highest BCUT2D eigenvalue weighted by Crippen LogP contribution is 2.29. The van der Waals surface area contributed by atoms with Gasteiger partial charge in [-0.1, -0.05) is 48.5 Å². The highest BCUT2D eigenvalue weighted by Gasteiger charge is 2.18. The molecule has 0 saturated heterocycles. The molecule has 4 nitrogen and oxygen atoms in total. The first-order valence-corrected chi connectivity index (χ1v) is 8.52. The van der Waals surface area contributed by atoms with E-state index in [0.717, 1.165) is 5.56 Å². The van der Waals surface area contributed by atoms with E-state index in [4.69, 9.17) is 11.5 Å². The predicted octanol–water partition coefficient (Wildman–Crippen LogP) is 3.48. The first-order chi connectivity index (χ1) is 13.0. The Hall–Kier alpha value is -3.47. The third-order valence-corrected chi connectivity index (χ3v) is 4.46. The summed E-state index contributed by atoms with van der Waals surface area (Å²) < 4.78 is 14.7. The molecule has 0 aliphatic rings. The normalized spacial score (nSPS) is 10.6. The minimum atomic E-state index is -0.707. The zero-order valence-corrected chi connectivity index (χ0v) is 14.6. The Kier molecular flexibility index (Phi) is 5.31. The molecule has 0 saturated carbocycles. The van der Waals surface area contributed by atoms with Gasteiger partial charge in [0.25, 0.3) is 0 Å². The molecule has 27 heavy (non-hydrogen) atoms. The van der Waals surface area contributed by atoms with Crippen LogP contribution < -0.4 is 11.5 Å². The van der Waals surface area contributed by atoms with Crippen LogP contribution in [0.25, 0.3) is 11.1 Å². The SMILES string of the molecule is NC(=O)c1cccc(C(N)=O)c1-c1ccc(CCc2ccccc2)c(F)c1. The largest absolute Gasteiger partial charge is 0.366 e. The van der Waals surface area contributed by atoms with Crippen molar-refractivity contribution in [3.63, 3.8) is 0 Å². The minimum absolute atomic E-state index is 0.128. The van der Waals surface area contributed by atoms with Crippen molar-refractivity contribution in [1.82, 2.24) is 0 Å². The Bertz CT molecular complexity index is 968. The summed E-state index contributed by atoms with van der Waals surface area (Å²) in [6, 6.07) is 19.0. The van der Waals surface area contributed by atoms with Crippen molar-refractivity contribution in [3.05, 3.63) is 94.8 Å². The van der Waals surface area contributed by atoms with Gasteiger partial charge in [-0.15, -0.1) is 0 Å². The van der Waals surface area contributed by atoms with Crippen LogP contribution in [0, 0.1) is 5.82 Å². The van der Waals surface area contributed by atoms with E-state index in [0.29, 0.717) is 24.0 Å². The maximum atomic E-state index is 14.7. The number of primary amides is 2. The van der Waals surface area contributed by atoms with Gasteiger partial charge in [0, 0.05) is 16.7 Å². The number of amides is 2. The molecule has 0 unspecified atom stereocenters. The maximum Gasteiger partial charge on any atom is 0.249 e. The fourth-order valence-electron chi connectivity index (χ4n) is 3.10. The summed E-state index contributed by atoms with van der Waals surface area (Å²) in [7, 11) is 0. The van der Waals surface area contributed by atoms with Crippen LogP contribution in [-0.4, -0.2) is 11.8 Å². The number of nitrogens with two attached hydrogens (primary N) is 2. The average molecular weight is 362 g/mol. The molecule has 0 heterocycles. The van der Waals surface area contributed by atoms with E-state index < -0.39 is 17.6 Å². The van der Waals surface area contributed by atoms with E-state index in [1.54, 1.807) is 12.1 Å². The van der Waals surface area contributed by atoms with Gasteiger partial charge in [-0.25, -0.2) is 4.39 Å². The highest BCUT2D eigenvalue weighted by molar-refractivity contribution is 6.08. The van der Waals surface area contributed by atoms with E-state index in [9.17, 15) is 14.0 Å². The minimum Gasteiger partial charge on any atom is -0.366 e. The Morgan fingerprint density at radius 2 is 1.41 bits per heavy atom. The molecule has 5 heteroatoms. The van der Waals surface area contributed by atoms with Crippen LogP contribution in [0.15, 0.2) is 66.7 Å². The lowest BCUT2D eigenvalue weighted by Gasteiger charge is -2.13. The summed E-state index contributed by atoms with van der Waals surface area (Å²) in [6.07, 6.45) is 1.25. The molecule has 4 N–H and O–H groups in total. The van der Waals surface area contributed by atoms with Gasteiger partial charge in [0.15, 0.2) is 0 Å². The average Bonchev–Trinajstić information content (AvgIpc) is 2.67. The molecule has 2 amide bonds. The smallest absolute Gasteiger partial charge is 0.249 e. The van der Waals surface area contributed by atoms with Crippen molar-refractivity contribution in [1.29, 1.82) is 0 Å². The number of hydrogen-bond acceptors (Lipinski definition) is 2. The lowest BCUT2D eigenvalue weighted by Crippen LogP contribution is -2.18. The van der Waals surface area contributed by atoms with Gasteiger partial charge < -0.3 is 11.5 Å². The van der Waals surface area contributed by atoms with Gasteiger partial charge >= 0.3 is 0 Å². The van der Waals surface area contributed by atoms with Crippen molar-refractivity contribution >= 4 is 11.8 Å². The zero-order chi connectivity index (χ0) is 19.4. The van der Waals surface area contributed by atoms with Gasteiger partial charge in [0.2, 0.25) is 11.8 Å². The van der Waals surface area contributed by atoms with Gasteiger partial charge in [0.05, 0.1) is 0 Å². The van der Waals surface area contributed by atoms with E-state index in [-0.39, 0.29) is 16.7 Å². The molecule has 0 radical (unpaired) electrons. The van der Waals surface area contributed by atoms with Crippen LogP contribution in [-0.2, 0) is 12.8 Å². The topological polar surface area (TPSA) is 86.2 Å². The summed E-state index contributed by atoms with van der Waals surface area (Å²) in [6.45, 7) is 0. The lowest BCUT2D eigenvalue weighted by atomic mass is 9.92. The molecule has 0 aliphatic heterocycles. The van der Waals surface area contributed by atoms with Crippen molar-refractivity contribution < 1.29 is 14.0 Å². The fourth-order valence-corrected chi connectivity index (χ4v) is 3.10. The van der Waals surface area contributed by atoms with Crippen LogP contribution in [0.4, 0.5) is 4.39 Å². The monoisotopic (exact) mass is 362 g/mol. The van der Waals surface area contributed by atoms with Crippen LogP contribution in [0.3, 0.4) is 0 Å². The van der Waals surface area contributed by atoms with Crippen molar-refractivity contribution in [3.8, 4) is 11.1 Å². The summed E-state index contributed by atoms with van der Waals surface area (Å²) in [5.41, 5.74) is 13.4. The second kappa shape index (κ2) is 7.83. The molecule has 0 aromatic heterocycles. The van der Waals surface area contributed by atoms with E-state index in [2.05, 4.69) is 0 Å². The van der Waals surface area contributed by atoms with Crippen LogP contribution in [0.1, 0.15) is 31.8 Å². The van der Waals surface area contributed by atoms with Crippen molar-refractivity contribution in [2.24, 2.45) is 11.5 Å². The molecule has 0 aliphatic carbocycles. The maximum absolute atomic E-state index is 14.7. The second-order valence-corrected chi connectivity index (χ2v) is 6.25. The fraction of sp³-hybridized carbons (Fsp3) is 0.0909. The van der Waals surface area contributed by atoms with Gasteiger partial charge in [-0.2, -0.15) is 0 Å². The number of aryl methyl sites for hydroxylation is 2. The number of rotatable bonds is 6. The quantitative estimate of drug-likeness (QED) is 0.703. The van der Waals surface area contributed by atoms with Crippen LogP contribution >= 0.6 is 0 Å². The van der Waals surface area contributed by atoms with E-state index >= 15 is 0 Å². The molecule has 0 fully saturated rings.